The topological polar surface area (TPSA) is 24.9 Å². The highest BCUT2D eigenvalue weighted by Gasteiger charge is 2.44. The zero-order chi connectivity index (χ0) is 12.8. The molecule has 1 aromatic rings. The predicted molar refractivity (Wildman–Crippen MR) is 76.7 cm³/mol. The van der Waals surface area contributed by atoms with Crippen molar-refractivity contribution in [2.45, 2.75) is 51.4 Å². The third-order valence-corrected chi connectivity index (χ3v) is 4.22. The first kappa shape index (κ1) is 13.5. The van der Waals surface area contributed by atoms with Crippen LogP contribution in [0.5, 0.6) is 0 Å². The van der Waals surface area contributed by atoms with Gasteiger partial charge in [0.25, 0.3) is 0 Å². The SMILES string of the molecule is CCCNCC1(c2cccnc2)CC(CCC)C1. The fourth-order valence-electron chi connectivity index (χ4n) is 3.32. The minimum absolute atomic E-state index is 0.364. The molecule has 0 aliphatic heterocycles. The van der Waals surface area contributed by atoms with Gasteiger partial charge in [-0.1, -0.05) is 32.8 Å². The summed E-state index contributed by atoms with van der Waals surface area (Å²) in [6.45, 7) is 6.76. The van der Waals surface area contributed by atoms with E-state index < -0.39 is 0 Å². The Morgan fingerprint density at radius 1 is 1.33 bits per heavy atom. The van der Waals surface area contributed by atoms with Crippen LogP contribution < -0.4 is 5.32 Å². The van der Waals surface area contributed by atoms with Gasteiger partial charge < -0.3 is 5.32 Å². The predicted octanol–water partition coefficient (Wildman–Crippen LogP) is 3.53. The first-order valence-electron chi connectivity index (χ1n) is 7.42. The van der Waals surface area contributed by atoms with Gasteiger partial charge in [0.15, 0.2) is 0 Å². The van der Waals surface area contributed by atoms with Crippen LogP contribution in [0, 0.1) is 5.92 Å². The van der Waals surface area contributed by atoms with E-state index in [0.717, 1.165) is 19.0 Å². The second-order valence-electron chi connectivity index (χ2n) is 5.76. The molecule has 1 heterocycles. The highest BCUT2D eigenvalue weighted by Crippen LogP contribution is 2.48. The van der Waals surface area contributed by atoms with Crippen LogP contribution in [0.3, 0.4) is 0 Å². The van der Waals surface area contributed by atoms with Gasteiger partial charge in [-0.2, -0.15) is 0 Å². The molecule has 0 amide bonds. The zero-order valence-corrected chi connectivity index (χ0v) is 11.8. The van der Waals surface area contributed by atoms with Crippen molar-refractivity contribution >= 4 is 0 Å². The van der Waals surface area contributed by atoms with Gasteiger partial charge in [-0.05, 0) is 43.4 Å². The van der Waals surface area contributed by atoms with Gasteiger partial charge in [-0.3, -0.25) is 4.98 Å². The molecule has 2 nitrogen and oxygen atoms in total. The fraction of sp³-hybridized carbons (Fsp3) is 0.688. The number of hydrogen-bond donors (Lipinski definition) is 1. The van der Waals surface area contributed by atoms with Crippen LogP contribution in [0.4, 0.5) is 0 Å². The van der Waals surface area contributed by atoms with E-state index in [1.165, 1.54) is 37.7 Å². The van der Waals surface area contributed by atoms with E-state index in [1.54, 1.807) is 0 Å². The average Bonchev–Trinajstić information content (AvgIpc) is 2.37. The third-order valence-electron chi connectivity index (χ3n) is 4.22. The minimum atomic E-state index is 0.364. The molecule has 1 fully saturated rings. The molecule has 0 bridgehead atoms. The van der Waals surface area contributed by atoms with Crippen LogP contribution in [0.1, 0.15) is 51.5 Å². The summed E-state index contributed by atoms with van der Waals surface area (Å²) < 4.78 is 0. The van der Waals surface area contributed by atoms with E-state index in [1.807, 2.05) is 6.20 Å². The van der Waals surface area contributed by atoms with E-state index in [2.05, 4.69) is 42.5 Å². The maximum atomic E-state index is 4.30. The number of nitrogens with zero attached hydrogens (tertiary/aromatic N) is 1. The molecule has 0 spiro atoms. The summed E-state index contributed by atoms with van der Waals surface area (Å²) in [5, 5.41) is 3.61. The lowest BCUT2D eigenvalue weighted by molar-refractivity contribution is 0.128. The molecule has 100 valence electrons. The molecule has 1 saturated carbocycles. The van der Waals surface area contributed by atoms with Crippen molar-refractivity contribution in [1.82, 2.24) is 10.3 Å². The zero-order valence-electron chi connectivity index (χ0n) is 11.8. The van der Waals surface area contributed by atoms with E-state index in [-0.39, 0.29) is 0 Å². The van der Waals surface area contributed by atoms with Crippen molar-refractivity contribution in [2.75, 3.05) is 13.1 Å². The Balaban J connectivity index is 2.01. The molecule has 0 saturated heterocycles. The lowest BCUT2D eigenvalue weighted by atomic mass is 9.58. The van der Waals surface area contributed by atoms with E-state index >= 15 is 0 Å². The fourth-order valence-corrected chi connectivity index (χ4v) is 3.32. The minimum Gasteiger partial charge on any atom is -0.316 e. The maximum absolute atomic E-state index is 4.30. The monoisotopic (exact) mass is 246 g/mol. The molecule has 2 rings (SSSR count). The smallest absolute Gasteiger partial charge is 0.0306 e. The first-order chi connectivity index (χ1) is 8.80. The highest BCUT2D eigenvalue weighted by molar-refractivity contribution is 5.26. The second-order valence-corrected chi connectivity index (χ2v) is 5.76. The van der Waals surface area contributed by atoms with Gasteiger partial charge in [0, 0.05) is 24.4 Å². The lowest BCUT2D eigenvalue weighted by Gasteiger charge is -2.48. The second kappa shape index (κ2) is 6.33. The summed E-state index contributed by atoms with van der Waals surface area (Å²) >= 11 is 0. The van der Waals surface area contributed by atoms with Crippen molar-refractivity contribution in [3.8, 4) is 0 Å². The first-order valence-corrected chi connectivity index (χ1v) is 7.42. The molecule has 2 heteroatoms. The molecule has 1 aliphatic rings. The summed E-state index contributed by atoms with van der Waals surface area (Å²) in [5.41, 5.74) is 1.80. The molecule has 1 N–H and O–H groups in total. The highest BCUT2D eigenvalue weighted by atomic mass is 14.9. The molecule has 0 radical (unpaired) electrons. The summed E-state index contributed by atoms with van der Waals surface area (Å²) in [4.78, 5) is 4.30. The maximum Gasteiger partial charge on any atom is 0.0306 e. The number of nitrogens with one attached hydrogen (secondary N) is 1. The standard InChI is InChI=1S/C16H26N2/c1-3-6-14-10-16(11-14,13-18-8-4-2)15-7-5-9-17-12-15/h5,7,9,12,14,18H,3-4,6,8,10-11,13H2,1-2H3. The van der Waals surface area contributed by atoms with Gasteiger partial charge in [0.05, 0.1) is 0 Å². The number of rotatable bonds is 7. The average molecular weight is 246 g/mol. The molecular formula is C16H26N2. The van der Waals surface area contributed by atoms with Gasteiger partial charge in [0.2, 0.25) is 0 Å². The molecule has 0 unspecified atom stereocenters. The van der Waals surface area contributed by atoms with E-state index in [4.69, 9.17) is 0 Å². The van der Waals surface area contributed by atoms with Crippen molar-refractivity contribution in [3.05, 3.63) is 30.1 Å². The molecule has 1 aromatic heterocycles. The Bertz CT molecular complexity index is 336. The van der Waals surface area contributed by atoms with Gasteiger partial charge >= 0.3 is 0 Å². The molecule has 0 atom stereocenters. The van der Waals surface area contributed by atoms with Crippen LogP contribution in [-0.2, 0) is 5.41 Å². The van der Waals surface area contributed by atoms with Crippen molar-refractivity contribution in [1.29, 1.82) is 0 Å². The molecule has 18 heavy (non-hydrogen) atoms. The lowest BCUT2D eigenvalue weighted by Crippen LogP contribution is -2.48. The summed E-state index contributed by atoms with van der Waals surface area (Å²) in [5.74, 6) is 0.929. The van der Waals surface area contributed by atoms with Crippen LogP contribution in [0.15, 0.2) is 24.5 Å². The van der Waals surface area contributed by atoms with Gasteiger partial charge in [0.1, 0.15) is 0 Å². The van der Waals surface area contributed by atoms with Gasteiger partial charge in [-0.15, -0.1) is 0 Å². The summed E-state index contributed by atoms with van der Waals surface area (Å²) in [7, 11) is 0. The van der Waals surface area contributed by atoms with Gasteiger partial charge in [-0.25, -0.2) is 0 Å². The molecule has 1 aliphatic carbocycles. The Morgan fingerprint density at radius 2 is 2.17 bits per heavy atom. The van der Waals surface area contributed by atoms with Crippen molar-refractivity contribution in [2.24, 2.45) is 5.92 Å². The Hall–Kier alpha value is -0.890. The Labute approximate surface area is 111 Å². The quantitative estimate of drug-likeness (QED) is 0.744. The third kappa shape index (κ3) is 2.92. The summed E-state index contributed by atoms with van der Waals surface area (Å²) in [6, 6.07) is 4.33. The number of hydrogen-bond acceptors (Lipinski definition) is 2. The Kier molecular flexibility index (Phi) is 4.76. The van der Waals surface area contributed by atoms with Crippen molar-refractivity contribution < 1.29 is 0 Å². The molecule has 0 aromatic carbocycles. The van der Waals surface area contributed by atoms with E-state index in [9.17, 15) is 0 Å². The van der Waals surface area contributed by atoms with Crippen LogP contribution >= 0.6 is 0 Å². The number of pyridine rings is 1. The normalized spacial score (nSPS) is 26.9. The Morgan fingerprint density at radius 3 is 2.78 bits per heavy atom. The number of aromatic nitrogens is 1. The molecular weight excluding hydrogens is 220 g/mol. The van der Waals surface area contributed by atoms with Crippen LogP contribution in [0.2, 0.25) is 0 Å². The van der Waals surface area contributed by atoms with Crippen LogP contribution in [0.25, 0.3) is 0 Å². The van der Waals surface area contributed by atoms with Crippen molar-refractivity contribution in [3.63, 3.8) is 0 Å². The summed E-state index contributed by atoms with van der Waals surface area (Å²) in [6.07, 6.45) is 10.5. The van der Waals surface area contributed by atoms with E-state index in [0.29, 0.717) is 5.41 Å². The largest absolute Gasteiger partial charge is 0.316 e. The van der Waals surface area contributed by atoms with Crippen LogP contribution in [-0.4, -0.2) is 18.1 Å².